The highest BCUT2D eigenvalue weighted by molar-refractivity contribution is 5.83. The number of fused-ring (bicyclic) bond motifs is 1. The topological polar surface area (TPSA) is 21.3 Å². The molecule has 0 saturated heterocycles. The van der Waals surface area contributed by atoms with Crippen molar-refractivity contribution in [3.63, 3.8) is 0 Å². The van der Waals surface area contributed by atoms with Gasteiger partial charge in [0.15, 0.2) is 0 Å². The summed E-state index contributed by atoms with van der Waals surface area (Å²) in [5.41, 5.74) is 0.302. The summed E-state index contributed by atoms with van der Waals surface area (Å²) in [4.78, 5) is 0. The average Bonchev–Trinajstić information content (AvgIpc) is 2.73. The summed E-state index contributed by atoms with van der Waals surface area (Å²) in [6.07, 6.45) is 2.58. The fraction of sp³-hybridized carbons (Fsp3) is 0.444. The molecule has 1 N–H and O–H groups in total. The first kappa shape index (κ1) is 13.4. The molecule has 0 aliphatic heterocycles. The van der Waals surface area contributed by atoms with E-state index in [0.717, 1.165) is 12.2 Å². The van der Waals surface area contributed by atoms with E-state index in [4.69, 9.17) is 4.74 Å². The Kier molecular flexibility index (Phi) is 3.43. The molecular weight excluding hydrogens is 246 g/mol. The molecular formula is C18H23NO. The van der Waals surface area contributed by atoms with E-state index < -0.39 is 0 Å². The van der Waals surface area contributed by atoms with E-state index in [1.807, 2.05) is 7.05 Å². The Balaban J connectivity index is 1.83. The van der Waals surface area contributed by atoms with Crippen LogP contribution in [0.25, 0.3) is 10.8 Å². The van der Waals surface area contributed by atoms with Crippen molar-refractivity contribution in [2.24, 2.45) is 5.41 Å². The maximum absolute atomic E-state index is 6.26. The summed E-state index contributed by atoms with van der Waals surface area (Å²) in [5, 5.41) is 5.94. The van der Waals surface area contributed by atoms with E-state index in [1.165, 1.54) is 17.2 Å². The van der Waals surface area contributed by atoms with Gasteiger partial charge in [-0.2, -0.15) is 0 Å². The molecule has 2 unspecified atom stereocenters. The molecule has 0 bridgehead atoms. The number of hydrogen-bond donors (Lipinski definition) is 1. The standard InChI is InChI=1S/C18H23NO/c1-18(2)11-10-16(17(18)19-3)20-15-9-8-13-6-4-5-7-14(13)12-15/h4-9,12,16-17,19H,10-11H2,1-3H3. The van der Waals surface area contributed by atoms with Gasteiger partial charge >= 0.3 is 0 Å². The van der Waals surface area contributed by atoms with E-state index >= 15 is 0 Å². The fourth-order valence-electron chi connectivity index (χ4n) is 3.46. The predicted octanol–water partition coefficient (Wildman–Crippen LogP) is 4.00. The van der Waals surface area contributed by atoms with Crippen molar-refractivity contribution in [2.45, 2.75) is 38.8 Å². The molecule has 2 aromatic rings. The molecule has 1 fully saturated rings. The molecule has 2 atom stereocenters. The number of benzene rings is 2. The second-order valence-electron chi connectivity index (χ2n) is 6.46. The van der Waals surface area contributed by atoms with Crippen molar-refractivity contribution in [1.29, 1.82) is 0 Å². The summed E-state index contributed by atoms with van der Waals surface area (Å²) in [5.74, 6) is 0.978. The highest BCUT2D eigenvalue weighted by atomic mass is 16.5. The number of ether oxygens (including phenoxy) is 1. The van der Waals surface area contributed by atoms with Crippen LogP contribution in [0.2, 0.25) is 0 Å². The number of likely N-dealkylation sites (N-methyl/N-ethyl adjacent to an activating group) is 1. The third-order valence-corrected chi connectivity index (χ3v) is 4.61. The number of nitrogens with one attached hydrogen (secondary N) is 1. The Morgan fingerprint density at radius 3 is 2.60 bits per heavy atom. The van der Waals surface area contributed by atoms with Crippen LogP contribution in [-0.2, 0) is 0 Å². The van der Waals surface area contributed by atoms with E-state index in [9.17, 15) is 0 Å². The summed E-state index contributed by atoms with van der Waals surface area (Å²) in [6.45, 7) is 4.63. The number of hydrogen-bond acceptors (Lipinski definition) is 2. The fourth-order valence-corrected chi connectivity index (χ4v) is 3.46. The Hall–Kier alpha value is -1.54. The van der Waals surface area contributed by atoms with Crippen molar-refractivity contribution in [3.05, 3.63) is 42.5 Å². The quantitative estimate of drug-likeness (QED) is 0.909. The summed E-state index contributed by atoms with van der Waals surface area (Å²) < 4.78 is 6.26. The van der Waals surface area contributed by atoms with Crippen LogP contribution >= 0.6 is 0 Å². The maximum atomic E-state index is 6.26. The van der Waals surface area contributed by atoms with Crippen LogP contribution in [0.1, 0.15) is 26.7 Å². The maximum Gasteiger partial charge on any atom is 0.120 e. The van der Waals surface area contributed by atoms with Crippen molar-refractivity contribution < 1.29 is 4.74 Å². The van der Waals surface area contributed by atoms with Gasteiger partial charge in [-0.15, -0.1) is 0 Å². The summed E-state index contributed by atoms with van der Waals surface area (Å²) >= 11 is 0. The lowest BCUT2D eigenvalue weighted by Gasteiger charge is -2.30. The van der Waals surface area contributed by atoms with Crippen molar-refractivity contribution in [2.75, 3.05) is 7.05 Å². The third kappa shape index (κ3) is 2.40. The summed E-state index contributed by atoms with van der Waals surface area (Å²) in [7, 11) is 2.04. The molecule has 1 aliphatic carbocycles. The van der Waals surface area contributed by atoms with Crippen LogP contribution in [0, 0.1) is 5.41 Å². The molecule has 0 radical (unpaired) electrons. The second kappa shape index (κ2) is 5.10. The van der Waals surface area contributed by atoms with Gasteiger partial charge in [0.05, 0.1) is 0 Å². The van der Waals surface area contributed by atoms with Crippen LogP contribution in [0.15, 0.2) is 42.5 Å². The average molecular weight is 269 g/mol. The number of rotatable bonds is 3. The Morgan fingerprint density at radius 1 is 1.10 bits per heavy atom. The minimum Gasteiger partial charge on any atom is -0.489 e. The smallest absolute Gasteiger partial charge is 0.120 e. The zero-order chi connectivity index (χ0) is 14.2. The van der Waals surface area contributed by atoms with Crippen molar-refractivity contribution in [1.82, 2.24) is 5.32 Å². The lowest BCUT2D eigenvalue weighted by Crippen LogP contribution is -2.44. The van der Waals surface area contributed by atoms with Crippen LogP contribution in [0.3, 0.4) is 0 Å². The molecule has 1 saturated carbocycles. The lowest BCUT2D eigenvalue weighted by atomic mass is 9.87. The molecule has 0 spiro atoms. The van der Waals surface area contributed by atoms with E-state index in [2.05, 4.69) is 61.6 Å². The molecule has 1 aliphatic rings. The largest absolute Gasteiger partial charge is 0.489 e. The van der Waals surface area contributed by atoms with E-state index in [1.54, 1.807) is 0 Å². The zero-order valence-corrected chi connectivity index (χ0v) is 12.5. The van der Waals surface area contributed by atoms with E-state index in [0.29, 0.717) is 11.5 Å². The van der Waals surface area contributed by atoms with Gasteiger partial charge in [0.2, 0.25) is 0 Å². The van der Waals surface area contributed by atoms with Gasteiger partial charge in [0.25, 0.3) is 0 Å². The Morgan fingerprint density at radius 2 is 1.85 bits per heavy atom. The SMILES string of the molecule is CNC1C(Oc2ccc3ccccc3c2)CCC1(C)C. The highest BCUT2D eigenvalue weighted by Gasteiger charge is 2.42. The second-order valence-corrected chi connectivity index (χ2v) is 6.46. The van der Waals surface area contributed by atoms with Crippen LogP contribution in [0.4, 0.5) is 0 Å². The highest BCUT2D eigenvalue weighted by Crippen LogP contribution is 2.39. The Bertz CT molecular complexity index is 605. The van der Waals surface area contributed by atoms with Crippen LogP contribution < -0.4 is 10.1 Å². The molecule has 0 aromatic heterocycles. The van der Waals surface area contributed by atoms with Gasteiger partial charge in [0.1, 0.15) is 11.9 Å². The van der Waals surface area contributed by atoms with Gasteiger partial charge < -0.3 is 10.1 Å². The molecule has 0 heterocycles. The molecule has 2 heteroatoms. The lowest BCUT2D eigenvalue weighted by molar-refractivity contribution is 0.146. The van der Waals surface area contributed by atoms with E-state index in [-0.39, 0.29) is 6.10 Å². The molecule has 3 rings (SSSR count). The normalized spacial score (nSPS) is 24.9. The summed E-state index contributed by atoms with van der Waals surface area (Å²) in [6, 6.07) is 15.2. The monoisotopic (exact) mass is 269 g/mol. The van der Waals surface area contributed by atoms with Gasteiger partial charge in [0, 0.05) is 6.04 Å². The van der Waals surface area contributed by atoms with Crippen molar-refractivity contribution in [3.8, 4) is 5.75 Å². The molecule has 106 valence electrons. The first-order valence-corrected chi connectivity index (χ1v) is 7.43. The minimum absolute atomic E-state index is 0.260. The first-order chi connectivity index (χ1) is 9.60. The van der Waals surface area contributed by atoms with Gasteiger partial charge in [-0.1, -0.05) is 44.2 Å². The molecule has 2 nitrogen and oxygen atoms in total. The van der Waals surface area contributed by atoms with Crippen LogP contribution in [0.5, 0.6) is 5.75 Å². The predicted molar refractivity (Wildman–Crippen MR) is 84.2 cm³/mol. The minimum atomic E-state index is 0.260. The molecule has 20 heavy (non-hydrogen) atoms. The molecule has 2 aromatic carbocycles. The van der Waals surface area contributed by atoms with Gasteiger partial charge in [-0.25, -0.2) is 0 Å². The first-order valence-electron chi connectivity index (χ1n) is 7.43. The molecule has 0 amide bonds. The zero-order valence-electron chi connectivity index (χ0n) is 12.5. The van der Waals surface area contributed by atoms with Gasteiger partial charge in [-0.3, -0.25) is 0 Å². The van der Waals surface area contributed by atoms with Crippen LogP contribution in [-0.4, -0.2) is 19.2 Å². The Labute approximate surface area is 121 Å². The van der Waals surface area contributed by atoms with Crippen molar-refractivity contribution >= 4 is 10.8 Å². The van der Waals surface area contributed by atoms with Gasteiger partial charge in [-0.05, 0) is 48.2 Å². The third-order valence-electron chi connectivity index (χ3n) is 4.61.